The fourth-order valence-corrected chi connectivity index (χ4v) is 3.26. The Morgan fingerprint density at radius 2 is 1.50 bits per heavy atom. The maximum Gasteiger partial charge on any atom is 0.162 e. The SMILES string of the molecule is COc1cc2ncnc(Nc3cc(C)c(Oc4ccccc4)cc3C)c2cc1OC. The summed E-state index contributed by atoms with van der Waals surface area (Å²) in [6.07, 6.45) is 1.53. The summed E-state index contributed by atoms with van der Waals surface area (Å²) in [4.78, 5) is 8.81. The monoisotopic (exact) mass is 401 g/mol. The van der Waals surface area contributed by atoms with Gasteiger partial charge in [0.05, 0.1) is 19.7 Å². The molecule has 1 aromatic heterocycles. The highest BCUT2D eigenvalue weighted by atomic mass is 16.5. The highest BCUT2D eigenvalue weighted by Gasteiger charge is 2.13. The van der Waals surface area contributed by atoms with Crippen molar-refractivity contribution in [2.24, 2.45) is 0 Å². The number of nitrogens with one attached hydrogen (secondary N) is 1. The van der Waals surface area contributed by atoms with E-state index in [4.69, 9.17) is 14.2 Å². The number of ether oxygens (including phenoxy) is 3. The van der Waals surface area contributed by atoms with E-state index in [9.17, 15) is 0 Å². The summed E-state index contributed by atoms with van der Waals surface area (Å²) < 4.78 is 16.9. The lowest BCUT2D eigenvalue weighted by Gasteiger charge is -2.16. The first kappa shape index (κ1) is 19.5. The van der Waals surface area contributed by atoms with E-state index in [0.717, 1.165) is 39.2 Å². The number of nitrogens with zero attached hydrogens (tertiary/aromatic N) is 2. The molecule has 1 N–H and O–H groups in total. The van der Waals surface area contributed by atoms with Crippen molar-refractivity contribution in [3.8, 4) is 23.0 Å². The number of para-hydroxylation sites is 1. The van der Waals surface area contributed by atoms with Crippen LogP contribution in [0.4, 0.5) is 11.5 Å². The van der Waals surface area contributed by atoms with Crippen LogP contribution in [0.5, 0.6) is 23.0 Å². The first-order valence-electron chi connectivity index (χ1n) is 9.57. The average Bonchev–Trinajstić information content (AvgIpc) is 2.77. The van der Waals surface area contributed by atoms with Crippen LogP contribution in [0.25, 0.3) is 10.9 Å². The number of aryl methyl sites for hydroxylation is 2. The number of hydrogen-bond donors (Lipinski definition) is 1. The van der Waals surface area contributed by atoms with Crippen LogP contribution in [0.3, 0.4) is 0 Å². The fourth-order valence-electron chi connectivity index (χ4n) is 3.26. The van der Waals surface area contributed by atoms with Gasteiger partial charge in [-0.25, -0.2) is 9.97 Å². The van der Waals surface area contributed by atoms with Crippen molar-refractivity contribution >= 4 is 22.4 Å². The highest BCUT2D eigenvalue weighted by Crippen LogP contribution is 2.36. The second-order valence-electron chi connectivity index (χ2n) is 6.92. The molecule has 0 aliphatic rings. The molecule has 0 spiro atoms. The summed E-state index contributed by atoms with van der Waals surface area (Å²) in [5, 5.41) is 4.28. The summed E-state index contributed by atoms with van der Waals surface area (Å²) >= 11 is 0. The third-order valence-electron chi connectivity index (χ3n) is 4.89. The van der Waals surface area contributed by atoms with Gasteiger partial charge in [0.2, 0.25) is 0 Å². The number of methoxy groups -OCH3 is 2. The summed E-state index contributed by atoms with van der Waals surface area (Å²) in [6, 6.07) is 17.6. The van der Waals surface area contributed by atoms with Gasteiger partial charge in [-0.2, -0.15) is 0 Å². The molecule has 0 fully saturated rings. The Hall–Kier alpha value is -3.80. The molecule has 6 nitrogen and oxygen atoms in total. The zero-order valence-corrected chi connectivity index (χ0v) is 17.4. The van der Waals surface area contributed by atoms with E-state index in [1.165, 1.54) is 6.33 Å². The fraction of sp³-hybridized carbons (Fsp3) is 0.167. The summed E-state index contributed by atoms with van der Waals surface area (Å²) in [5.74, 6) is 3.58. The molecule has 4 aromatic rings. The van der Waals surface area contributed by atoms with E-state index in [1.54, 1.807) is 14.2 Å². The van der Waals surface area contributed by atoms with Crippen LogP contribution in [-0.4, -0.2) is 24.2 Å². The van der Waals surface area contributed by atoms with Crippen LogP contribution in [0.2, 0.25) is 0 Å². The first-order valence-corrected chi connectivity index (χ1v) is 9.57. The summed E-state index contributed by atoms with van der Waals surface area (Å²) in [7, 11) is 3.22. The van der Waals surface area contributed by atoms with Crippen molar-refractivity contribution in [2.45, 2.75) is 13.8 Å². The molecular formula is C24H23N3O3. The molecule has 0 saturated heterocycles. The Morgan fingerprint density at radius 1 is 0.767 bits per heavy atom. The smallest absolute Gasteiger partial charge is 0.162 e. The minimum absolute atomic E-state index is 0.627. The van der Waals surface area contributed by atoms with Crippen LogP contribution in [0.1, 0.15) is 11.1 Å². The van der Waals surface area contributed by atoms with Crippen LogP contribution in [-0.2, 0) is 0 Å². The number of anilines is 2. The predicted molar refractivity (Wildman–Crippen MR) is 118 cm³/mol. The van der Waals surface area contributed by atoms with Crippen LogP contribution in [0, 0.1) is 13.8 Å². The van der Waals surface area contributed by atoms with E-state index >= 15 is 0 Å². The molecule has 0 aliphatic heterocycles. The molecule has 4 rings (SSSR count). The quantitative estimate of drug-likeness (QED) is 0.440. The van der Waals surface area contributed by atoms with Gasteiger partial charge in [-0.3, -0.25) is 0 Å². The predicted octanol–water partition coefficient (Wildman–Crippen LogP) is 5.80. The standard InChI is InChI=1S/C24H23N3O3/c1-15-11-21(30-17-8-6-5-7-9-17)16(2)10-19(15)27-24-18-12-22(28-3)23(29-4)13-20(18)25-14-26-24/h5-14H,1-4H3,(H,25,26,27). The minimum atomic E-state index is 0.627. The van der Waals surface area contributed by atoms with Crippen molar-refractivity contribution in [3.05, 3.63) is 72.1 Å². The molecule has 0 radical (unpaired) electrons. The minimum Gasteiger partial charge on any atom is -0.493 e. The van der Waals surface area contributed by atoms with Gasteiger partial charge in [0.25, 0.3) is 0 Å². The van der Waals surface area contributed by atoms with Gasteiger partial charge in [0.15, 0.2) is 11.5 Å². The van der Waals surface area contributed by atoms with Crippen molar-refractivity contribution < 1.29 is 14.2 Å². The van der Waals surface area contributed by atoms with Gasteiger partial charge in [-0.15, -0.1) is 0 Å². The largest absolute Gasteiger partial charge is 0.493 e. The van der Waals surface area contributed by atoms with Crippen molar-refractivity contribution in [1.29, 1.82) is 0 Å². The maximum absolute atomic E-state index is 6.04. The highest BCUT2D eigenvalue weighted by molar-refractivity contribution is 5.93. The molecule has 0 amide bonds. The Bertz CT molecular complexity index is 1190. The van der Waals surface area contributed by atoms with Crippen LogP contribution >= 0.6 is 0 Å². The normalized spacial score (nSPS) is 10.7. The van der Waals surface area contributed by atoms with E-state index in [1.807, 2.05) is 62.4 Å². The summed E-state index contributed by atoms with van der Waals surface area (Å²) in [6.45, 7) is 4.06. The number of rotatable bonds is 6. The van der Waals surface area contributed by atoms with Crippen molar-refractivity contribution in [1.82, 2.24) is 9.97 Å². The van der Waals surface area contributed by atoms with Gasteiger partial charge in [-0.05, 0) is 55.3 Å². The number of hydrogen-bond acceptors (Lipinski definition) is 6. The number of benzene rings is 3. The molecular weight excluding hydrogens is 378 g/mol. The third-order valence-corrected chi connectivity index (χ3v) is 4.89. The van der Waals surface area contributed by atoms with Gasteiger partial charge in [0.1, 0.15) is 23.6 Å². The lowest BCUT2D eigenvalue weighted by atomic mass is 10.1. The van der Waals surface area contributed by atoms with E-state index < -0.39 is 0 Å². The maximum atomic E-state index is 6.04. The molecule has 3 aromatic carbocycles. The Kier molecular flexibility index (Phi) is 5.39. The molecule has 0 atom stereocenters. The van der Waals surface area contributed by atoms with Crippen molar-refractivity contribution in [2.75, 3.05) is 19.5 Å². The molecule has 0 aliphatic carbocycles. The Morgan fingerprint density at radius 3 is 2.23 bits per heavy atom. The Balaban J connectivity index is 1.69. The average molecular weight is 401 g/mol. The third kappa shape index (κ3) is 3.85. The van der Waals surface area contributed by atoms with Crippen LogP contribution < -0.4 is 19.5 Å². The van der Waals surface area contributed by atoms with Gasteiger partial charge in [0, 0.05) is 17.1 Å². The molecule has 152 valence electrons. The Labute approximate surface area is 175 Å². The molecule has 1 heterocycles. The van der Waals surface area contributed by atoms with Crippen LogP contribution in [0.15, 0.2) is 60.9 Å². The lowest BCUT2D eigenvalue weighted by molar-refractivity contribution is 0.356. The number of fused-ring (bicyclic) bond motifs is 1. The zero-order chi connectivity index (χ0) is 21.1. The molecule has 0 unspecified atom stereocenters. The second-order valence-corrected chi connectivity index (χ2v) is 6.92. The first-order chi connectivity index (χ1) is 14.6. The lowest BCUT2D eigenvalue weighted by Crippen LogP contribution is -2.00. The molecule has 30 heavy (non-hydrogen) atoms. The van der Waals surface area contributed by atoms with E-state index in [0.29, 0.717) is 17.3 Å². The second kappa shape index (κ2) is 8.29. The molecule has 0 bridgehead atoms. The summed E-state index contributed by atoms with van der Waals surface area (Å²) in [5.41, 5.74) is 3.77. The molecule has 6 heteroatoms. The van der Waals surface area contributed by atoms with Crippen molar-refractivity contribution in [3.63, 3.8) is 0 Å². The number of aromatic nitrogens is 2. The topological polar surface area (TPSA) is 65.5 Å². The van der Waals surface area contributed by atoms with Gasteiger partial charge < -0.3 is 19.5 Å². The zero-order valence-electron chi connectivity index (χ0n) is 17.4. The van der Waals surface area contributed by atoms with Gasteiger partial charge in [-0.1, -0.05) is 18.2 Å². The van der Waals surface area contributed by atoms with E-state index in [2.05, 4.69) is 21.4 Å². The van der Waals surface area contributed by atoms with Gasteiger partial charge >= 0.3 is 0 Å². The molecule has 0 saturated carbocycles. The van der Waals surface area contributed by atoms with E-state index in [-0.39, 0.29) is 0 Å².